The van der Waals surface area contributed by atoms with E-state index in [1.807, 2.05) is 0 Å². The van der Waals surface area contributed by atoms with Crippen molar-refractivity contribution >= 4 is 11.9 Å². The van der Waals surface area contributed by atoms with Gasteiger partial charge in [-0.2, -0.15) is 0 Å². The molecule has 0 spiro atoms. The van der Waals surface area contributed by atoms with Gasteiger partial charge in [0.1, 0.15) is 0 Å². The van der Waals surface area contributed by atoms with E-state index in [0.29, 0.717) is 0 Å². The van der Waals surface area contributed by atoms with Crippen LogP contribution in [0.4, 0.5) is 0 Å². The van der Waals surface area contributed by atoms with E-state index in [4.69, 9.17) is 0 Å². The lowest BCUT2D eigenvalue weighted by atomic mass is 10.2. The summed E-state index contributed by atoms with van der Waals surface area (Å²) in [5, 5.41) is 0. The third-order valence-electron chi connectivity index (χ3n) is 1.59. The van der Waals surface area contributed by atoms with Crippen LogP contribution in [0.15, 0.2) is 29.2 Å². The molecule has 2 heteroatoms. The summed E-state index contributed by atoms with van der Waals surface area (Å²) in [5.41, 5.74) is 1.40. The number of benzene rings is 1. The zero-order valence-corrected chi connectivity index (χ0v) is 8.69. The van der Waals surface area contributed by atoms with Gasteiger partial charge in [-0.15, -0.1) is 0 Å². The molecule has 0 saturated heterocycles. The van der Waals surface area contributed by atoms with E-state index in [1.54, 1.807) is 11.9 Å². The first-order valence-corrected chi connectivity index (χ1v) is 4.94. The van der Waals surface area contributed by atoms with Crippen LogP contribution >= 0.6 is 11.9 Å². The van der Waals surface area contributed by atoms with E-state index >= 15 is 0 Å². The zero-order chi connectivity index (χ0) is 8.97. The Morgan fingerprint density at radius 3 is 2.67 bits per heavy atom. The summed E-state index contributed by atoms with van der Waals surface area (Å²) in [6.07, 6.45) is 1.11. The van der Waals surface area contributed by atoms with Crippen LogP contribution in [0.3, 0.4) is 0 Å². The minimum atomic E-state index is 1.11. The minimum absolute atomic E-state index is 1.11. The fourth-order valence-electron chi connectivity index (χ4n) is 1.03. The molecule has 0 bridgehead atoms. The average Bonchev–Trinajstić information content (AvgIpc) is 2.03. The van der Waals surface area contributed by atoms with Crippen LogP contribution in [-0.4, -0.2) is 18.4 Å². The Labute approximate surface area is 78.9 Å². The van der Waals surface area contributed by atoms with Gasteiger partial charge in [0.15, 0.2) is 0 Å². The van der Waals surface area contributed by atoms with Crippen molar-refractivity contribution in [2.75, 3.05) is 14.1 Å². The van der Waals surface area contributed by atoms with Gasteiger partial charge < -0.3 is 0 Å². The van der Waals surface area contributed by atoms with Crippen LogP contribution in [0.25, 0.3) is 0 Å². The Balaban J connectivity index is 2.72. The van der Waals surface area contributed by atoms with Crippen LogP contribution in [-0.2, 0) is 6.42 Å². The highest BCUT2D eigenvalue weighted by atomic mass is 32.2. The fourth-order valence-corrected chi connectivity index (χ4v) is 1.80. The highest BCUT2D eigenvalue weighted by Crippen LogP contribution is 2.20. The average molecular weight is 181 g/mol. The van der Waals surface area contributed by atoms with Gasteiger partial charge in [-0.3, -0.25) is 4.31 Å². The van der Waals surface area contributed by atoms with Crippen LogP contribution in [0.2, 0.25) is 0 Å². The molecule has 66 valence electrons. The largest absolute Gasteiger partial charge is 0.253 e. The lowest BCUT2D eigenvalue weighted by molar-refractivity contribution is 0.702. The lowest BCUT2D eigenvalue weighted by Crippen LogP contribution is -1.98. The summed E-state index contributed by atoms with van der Waals surface area (Å²) >= 11 is 1.76. The SMILES string of the molecule is CCc1cccc(SN(C)C)c1. The second-order valence-corrected chi connectivity index (χ2v) is 4.29. The molecule has 0 aromatic heterocycles. The second-order valence-electron chi connectivity index (χ2n) is 2.90. The second kappa shape index (κ2) is 4.53. The molecule has 0 aliphatic carbocycles. The highest BCUT2D eigenvalue weighted by molar-refractivity contribution is 7.97. The minimum Gasteiger partial charge on any atom is -0.253 e. The van der Waals surface area contributed by atoms with Crippen molar-refractivity contribution in [3.8, 4) is 0 Å². The molecule has 1 aromatic rings. The molecule has 1 rings (SSSR count). The Morgan fingerprint density at radius 2 is 2.08 bits per heavy atom. The molecule has 0 unspecified atom stereocenters. The summed E-state index contributed by atoms with van der Waals surface area (Å²) in [6, 6.07) is 8.67. The van der Waals surface area contributed by atoms with Gasteiger partial charge in [0.25, 0.3) is 0 Å². The van der Waals surface area contributed by atoms with Gasteiger partial charge in [-0.05, 0) is 50.2 Å². The fraction of sp³-hybridized carbons (Fsp3) is 0.400. The molecule has 0 radical (unpaired) electrons. The summed E-state index contributed by atoms with van der Waals surface area (Å²) in [4.78, 5) is 1.32. The molecule has 0 fully saturated rings. The van der Waals surface area contributed by atoms with E-state index in [2.05, 4.69) is 49.6 Å². The smallest absolute Gasteiger partial charge is 0.0232 e. The van der Waals surface area contributed by atoms with Crippen molar-refractivity contribution < 1.29 is 0 Å². The van der Waals surface area contributed by atoms with Gasteiger partial charge >= 0.3 is 0 Å². The van der Waals surface area contributed by atoms with Gasteiger partial charge in [0.05, 0.1) is 0 Å². The maximum absolute atomic E-state index is 2.24. The van der Waals surface area contributed by atoms with Gasteiger partial charge in [-0.1, -0.05) is 19.1 Å². The Kier molecular flexibility index (Phi) is 3.63. The standard InChI is InChI=1S/C10H15NS/c1-4-9-6-5-7-10(8-9)12-11(2)3/h5-8H,4H2,1-3H3. The lowest BCUT2D eigenvalue weighted by Gasteiger charge is -2.08. The van der Waals surface area contributed by atoms with Crippen LogP contribution in [0.1, 0.15) is 12.5 Å². The number of aryl methyl sites for hydroxylation is 1. The molecule has 0 amide bonds. The van der Waals surface area contributed by atoms with Crippen LogP contribution < -0.4 is 0 Å². The highest BCUT2D eigenvalue weighted by Gasteiger charge is 1.96. The van der Waals surface area contributed by atoms with Gasteiger partial charge in [0.2, 0.25) is 0 Å². The first-order valence-electron chi connectivity index (χ1n) is 4.16. The molecule has 0 saturated carbocycles. The Hall–Kier alpha value is -0.470. The van der Waals surface area contributed by atoms with Crippen molar-refractivity contribution in [2.45, 2.75) is 18.2 Å². The molecule has 12 heavy (non-hydrogen) atoms. The normalized spacial score (nSPS) is 10.7. The summed E-state index contributed by atoms with van der Waals surface area (Å²) in [7, 11) is 4.12. The van der Waals surface area contributed by atoms with Crippen molar-refractivity contribution in [3.63, 3.8) is 0 Å². The molecular weight excluding hydrogens is 166 g/mol. The predicted molar refractivity (Wildman–Crippen MR) is 55.4 cm³/mol. The van der Waals surface area contributed by atoms with Crippen molar-refractivity contribution in [3.05, 3.63) is 29.8 Å². The quantitative estimate of drug-likeness (QED) is 0.660. The van der Waals surface area contributed by atoms with E-state index in [9.17, 15) is 0 Å². The van der Waals surface area contributed by atoms with Crippen LogP contribution in [0.5, 0.6) is 0 Å². The molecule has 0 aliphatic heterocycles. The number of rotatable bonds is 3. The third kappa shape index (κ3) is 2.88. The predicted octanol–water partition coefficient (Wildman–Crippen LogP) is 2.82. The van der Waals surface area contributed by atoms with Gasteiger partial charge in [0, 0.05) is 4.90 Å². The number of hydrogen-bond donors (Lipinski definition) is 0. The van der Waals surface area contributed by atoms with E-state index in [0.717, 1.165) is 6.42 Å². The summed E-state index contributed by atoms with van der Waals surface area (Å²) in [5.74, 6) is 0. The number of nitrogens with zero attached hydrogens (tertiary/aromatic N) is 1. The summed E-state index contributed by atoms with van der Waals surface area (Å²) < 4.78 is 2.11. The van der Waals surface area contributed by atoms with E-state index < -0.39 is 0 Å². The molecule has 0 N–H and O–H groups in total. The zero-order valence-electron chi connectivity index (χ0n) is 7.87. The maximum Gasteiger partial charge on any atom is 0.0232 e. The molecule has 0 heterocycles. The molecule has 0 aliphatic rings. The monoisotopic (exact) mass is 181 g/mol. The maximum atomic E-state index is 2.24. The van der Waals surface area contributed by atoms with Crippen molar-refractivity contribution in [1.82, 2.24) is 4.31 Å². The molecular formula is C10H15NS. The summed E-state index contributed by atoms with van der Waals surface area (Å²) in [6.45, 7) is 2.18. The first-order chi connectivity index (χ1) is 5.72. The third-order valence-corrected chi connectivity index (χ3v) is 2.42. The Bertz CT molecular complexity index is 245. The van der Waals surface area contributed by atoms with Crippen LogP contribution in [0, 0.1) is 0 Å². The van der Waals surface area contributed by atoms with Gasteiger partial charge in [-0.25, -0.2) is 0 Å². The molecule has 1 aromatic carbocycles. The van der Waals surface area contributed by atoms with E-state index in [-0.39, 0.29) is 0 Å². The van der Waals surface area contributed by atoms with Crippen molar-refractivity contribution in [2.24, 2.45) is 0 Å². The Morgan fingerprint density at radius 1 is 1.33 bits per heavy atom. The molecule has 1 nitrogen and oxygen atoms in total. The number of hydrogen-bond acceptors (Lipinski definition) is 2. The van der Waals surface area contributed by atoms with Crippen molar-refractivity contribution in [1.29, 1.82) is 0 Å². The van der Waals surface area contributed by atoms with E-state index in [1.165, 1.54) is 10.5 Å². The first kappa shape index (κ1) is 9.62. The molecule has 0 atom stereocenters. The topological polar surface area (TPSA) is 3.24 Å².